The predicted octanol–water partition coefficient (Wildman–Crippen LogP) is 9.46. The Hall–Kier alpha value is -1.43. The van der Waals surface area contributed by atoms with E-state index in [1.807, 2.05) is 0 Å². The van der Waals surface area contributed by atoms with Gasteiger partial charge in [-0.05, 0) is 63.0 Å². The number of benzene rings is 2. The maximum atomic E-state index is 6.96. The average Bonchev–Trinajstić information content (AvgIpc) is 2.66. The van der Waals surface area contributed by atoms with Gasteiger partial charge in [0.1, 0.15) is 0 Å². The fourth-order valence-corrected chi connectivity index (χ4v) is 6.38. The van der Waals surface area contributed by atoms with Crippen LogP contribution in [0, 0.1) is 13.8 Å². The van der Waals surface area contributed by atoms with Gasteiger partial charge in [0.2, 0.25) is 0 Å². The molecule has 0 aromatic heterocycles. The van der Waals surface area contributed by atoms with Crippen molar-refractivity contribution in [3.8, 4) is 11.5 Å². The molecule has 0 aliphatic rings. The molecule has 0 bridgehead atoms. The van der Waals surface area contributed by atoms with Crippen molar-refractivity contribution in [2.24, 2.45) is 0 Å². The molecule has 0 saturated heterocycles. The van der Waals surface area contributed by atoms with Crippen LogP contribution in [-0.4, -0.2) is 14.8 Å². The Morgan fingerprint density at radius 3 is 1.09 bits per heavy atom. The van der Waals surface area contributed by atoms with Crippen LogP contribution in [-0.2, 0) is 21.7 Å². The molecule has 35 heavy (non-hydrogen) atoms. The second kappa shape index (κ2) is 10.1. The third-order valence-electron chi connectivity index (χ3n) is 6.66. The molecular weight excluding hydrogens is 443 g/mol. The zero-order valence-electron chi connectivity index (χ0n) is 25.4. The zero-order valence-corrected chi connectivity index (χ0v) is 26.6. The summed E-state index contributed by atoms with van der Waals surface area (Å²) >= 11 is -2.07. The Bertz CT molecular complexity index is 954. The molecule has 2 aromatic carbocycles. The lowest BCUT2D eigenvalue weighted by Gasteiger charge is -2.35. The summed E-state index contributed by atoms with van der Waals surface area (Å²) in [5, 5.41) is 0.894. The van der Waals surface area contributed by atoms with Gasteiger partial charge < -0.3 is 7.58 Å². The minimum absolute atomic E-state index is 0.0324. The second-order valence-corrected chi connectivity index (χ2v) is 16.5. The van der Waals surface area contributed by atoms with Crippen LogP contribution in [0.2, 0.25) is 5.28 Å². The Morgan fingerprint density at radius 2 is 0.857 bits per heavy atom. The molecule has 0 unspecified atom stereocenters. The van der Waals surface area contributed by atoms with E-state index in [0.717, 1.165) is 16.8 Å². The van der Waals surface area contributed by atoms with Crippen molar-refractivity contribution >= 4 is 14.8 Å². The van der Waals surface area contributed by atoms with Crippen molar-refractivity contribution in [3.63, 3.8) is 0 Å². The van der Waals surface area contributed by atoms with Gasteiger partial charge in [0.15, 0.2) is 0 Å². The lowest BCUT2D eigenvalue weighted by Crippen LogP contribution is -2.34. The Balaban J connectivity index is 2.68. The van der Waals surface area contributed by atoms with Crippen LogP contribution in [0.25, 0.3) is 0 Å². The van der Waals surface area contributed by atoms with Crippen molar-refractivity contribution in [2.75, 3.05) is 0 Å². The third kappa shape index (κ3) is 6.87. The number of rotatable bonds is 5. The molecule has 2 aromatic rings. The first-order valence-corrected chi connectivity index (χ1v) is 15.1. The molecule has 0 N–H and O–H groups in total. The van der Waals surface area contributed by atoms with Gasteiger partial charge in [0.05, 0.1) is 11.5 Å². The van der Waals surface area contributed by atoms with Crippen LogP contribution in [0.1, 0.15) is 123 Å². The molecule has 0 spiro atoms. The van der Waals surface area contributed by atoms with Crippen molar-refractivity contribution in [3.05, 3.63) is 57.6 Å². The van der Waals surface area contributed by atoms with E-state index in [1.54, 1.807) is 0 Å². The largest absolute Gasteiger partial charge is 0.856 e. The molecule has 0 amide bonds. The van der Waals surface area contributed by atoms with Gasteiger partial charge in [-0.3, -0.25) is 0 Å². The smallest absolute Gasteiger partial charge is 0.611 e. The van der Waals surface area contributed by atoms with Crippen LogP contribution in [0.4, 0.5) is 0 Å². The van der Waals surface area contributed by atoms with Crippen LogP contribution in [0.15, 0.2) is 24.3 Å². The zero-order chi connectivity index (χ0) is 27.1. The molecule has 3 heteroatoms. The monoisotopic (exact) mass is 494 g/mol. The summed E-state index contributed by atoms with van der Waals surface area (Å²) in [6.45, 7) is 34.1. The molecule has 0 radical (unpaired) electrons. The number of hydrogen-bond donors (Lipinski definition) is 0. The van der Waals surface area contributed by atoms with Gasteiger partial charge in [0.25, 0.3) is 0 Å². The highest BCUT2D eigenvalue weighted by molar-refractivity contribution is 6.46. The van der Waals surface area contributed by atoms with Gasteiger partial charge in [-0.15, -0.1) is 0 Å². The summed E-state index contributed by atoms with van der Waals surface area (Å²) in [5.74, 6) is 2.07. The van der Waals surface area contributed by atoms with E-state index in [1.165, 1.54) is 33.4 Å². The normalized spacial score (nSPS) is 13.1. The lowest BCUT2D eigenvalue weighted by atomic mass is 9.74. The molecule has 0 aliphatic heterocycles. The van der Waals surface area contributed by atoms with Gasteiger partial charge >= 0.3 is 14.8 Å². The lowest BCUT2D eigenvalue weighted by molar-refractivity contribution is 0.395. The van der Waals surface area contributed by atoms with E-state index in [4.69, 9.17) is 7.58 Å². The summed E-state index contributed by atoms with van der Waals surface area (Å²) in [5.41, 5.74) is 7.73. The van der Waals surface area contributed by atoms with Crippen LogP contribution < -0.4 is 7.58 Å². The molecule has 194 valence electrons. The summed E-state index contributed by atoms with van der Waals surface area (Å²) in [6, 6.07) is 9.03. The fourth-order valence-electron chi connectivity index (χ4n) is 4.87. The summed E-state index contributed by atoms with van der Waals surface area (Å²) in [7, 11) is 0. The topological polar surface area (TPSA) is 18.5 Å². The van der Waals surface area contributed by atoms with Crippen molar-refractivity contribution in [2.45, 2.75) is 131 Å². The van der Waals surface area contributed by atoms with Gasteiger partial charge in [-0.1, -0.05) is 114 Å². The van der Waals surface area contributed by atoms with Crippen LogP contribution in [0.3, 0.4) is 0 Å². The van der Waals surface area contributed by atoms with E-state index in [9.17, 15) is 0 Å². The fraction of sp³-hybridized carbons (Fsp3) is 0.625. The van der Waals surface area contributed by atoms with Crippen molar-refractivity contribution in [1.29, 1.82) is 0 Å². The minimum Gasteiger partial charge on any atom is -0.611 e. The summed E-state index contributed by atoms with van der Waals surface area (Å²) < 4.78 is 13.9. The molecule has 0 heterocycles. The first-order chi connectivity index (χ1) is 15.7. The van der Waals surface area contributed by atoms with E-state index < -0.39 is 14.8 Å². The molecule has 0 saturated carbocycles. The van der Waals surface area contributed by atoms with Crippen LogP contribution >= 0.6 is 0 Å². The van der Waals surface area contributed by atoms with Gasteiger partial charge in [0, 0.05) is 11.1 Å². The summed E-state index contributed by atoms with van der Waals surface area (Å²) in [6.07, 6.45) is 0. The summed E-state index contributed by atoms with van der Waals surface area (Å²) in [4.78, 5) is 0. The molecule has 0 atom stereocenters. The Labute approximate surface area is 221 Å². The van der Waals surface area contributed by atoms with E-state index in [-0.39, 0.29) is 21.7 Å². The highest BCUT2D eigenvalue weighted by atomic mass is 27.2. The third-order valence-corrected chi connectivity index (χ3v) is 8.32. The Morgan fingerprint density at radius 1 is 0.543 bits per heavy atom. The van der Waals surface area contributed by atoms with Crippen molar-refractivity contribution < 1.29 is 7.58 Å². The second-order valence-electron chi connectivity index (χ2n) is 14.3. The van der Waals surface area contributed by atoms with E-state index in [0.29, 0.717) is 0 Å². The molecule has 2 nitrogen and oxygen atoms in total. The number of aryl methyl sites for hydroxylation is 2. The van der Waals surface area contributed by atoms with Gasteiger partial charge in [-0.2, -0.15) is 0 Å². The standard InChI is InChI=1S/2C15H24O.C2H5.Al/c2*1-10-8-9-11(14(2,3)4)12(13(10)16)15(5,6)7;1-2;/h2*8-9,16H,1-7H3;1H2,2H3;/q;;;+2/p-2. The van der Waals surface area contributed by atoms with E-state index >= 15 is 0 Å². The average molecular weight is 495 g/mol. The first-order valence-electron chi connectivity index (χ1n) is 13.3. The quantitative estimate of drug-likeness (QED) is 0.385. The molecule has 0 fully saturated rings. The maximum Gasteiger partial charge on any atom is 0.856 e. The first kappa shape index (κ1) is 29.8. The maximum absolute atomic E-state index is 6.96. The van der Waals surface area contributed by atoms with Crippen molar-refractivity contribution in [1.82, 2.24) is 0 Å². The highest BCUT2D eigenvalue weighted by Crippen LogP contribution is 2.44. The molecule has 2 rings (SSSR count). The Kier molecular flexibility index (Phi) is 8.64. The predicted molar refractivity (Wildman–Crippen MR) is 155 cm³/mol. The van der Waals surface area contributed by atoms with Gasteiger partial charge in [-0.25, -0.2) is 0 Å². The van der Waals surface area contributed by atoms with E-state index in [2.05, 4.69) is 128 Å². The minimum atomic E-state index is -2.07. The molecule has 0 aliphatic carbocycles. The number of hydrogen-bond acceptors (Lipinski definition) is 2. The highest BCUT2D eigenvalue weighted by Gasteiger charge is 2.38. The molecular formula is C32H51AlO2. The SMILES string of the molecule is C[CH2][Al]([O]c1c(C)ccc(C(C)(C)C)c1C(C)(C)C)[O]c1c(C)ccc(C(C)(C)C)c1C(C)(C)C. The van der Waals surface area contributed by atoms with Crippen LogP contribution in [0.5, 0.6) is 11.5 Å².